The highest BCUT2D eigenvalue weighted by Crippen LogP contribution is 2.37. The molecule has 0 bridgehead atoms. The van der Waals surface area contributed by atoms with Gasteiger partial charge in [-0.05, 0) is 34.8 Å². The van der Waals surface area contributed by atoms with E-state index < -0.39 is 0 Å². The van der Waals surface area contributed by atoms with E-state index in [1.165, 1.54) is 22.3 Å². The highest BCUT2D eigenvalue weighted by Gasteiger charge is 2.19. The van der Waals surface area contributed by atoms with Crippen LogP contribution in [-0.2, 0) is 0 Å². The summed E-state index contributed by atoms with van der Waals surface area (Å²) in [6, 6.07) is 29.8. The van der Waals surface area contributed by atoms with Crippen LogP contribution in [0.4, 0.5) is 0 Å². The topological polar surface area (TPSA) is 20.2 Å². The van der Waals surface area contributed by atoms with Crippen LogP contribution in [0.15, 0.2) is 97.1 Å². The number of aliphatic hydroxyl groups excluding tert-OH is 1. The van der Waals surface area contributed by atoms with Crippen LogP contribution in [0.1, 0.15) is 35.1 Å². The summed E-state index contributed by atoms with van der Waals surface area (Å²) < 4.78 is 0. The first kappa shape index (κ1) is 17.9. The molecule has 0 aliphatic rings. The van der Waals surface area contributed by atoms with Crippen molar-refractivity contribution in [1.82, 2.24) is 0 Å². The quantitative estimate of drug-likeness (QED) is 0.590. The van der Waals surface area contributed by atoms with Gasteiger partial charge in [-0.2, -0.15) is 0 Å². The van der Waals surface area contributed by atoms with Crippen LogP contribution < -0.4 is 0 Å². The second-order valence-electron chi connectivity index (χ2n) is 6.21. The van der Waals surface area contributed by atoms with Gasteiger partial charge in [0.25, 0.3) is 0 Å². The summed E-state index contributed by atoms with van der Waals surface area (Å²) in [6.07, 6.45) is 5.91. The minimum atomic E-state index is 0.0606. The predicted octanol–water partition coefficient (Wildman–Crippen LogP) is 5.93. The summed E-state index contributed by atoms with van der Waals surface area (Å²) in [6.45, 7) is 2.17. The number of rotatable bonds is 6. The molecule has 1 atom stereocenters. The summed E-state index contributed by atoms with van der Waals surface area (Å²) >= 11 is 0. The Bertz CT molecular complexity index is 859. The molecule has 3 aromatic rings. The fourth-order valence-electron chi connectivity index (χ4n) is 3.32. The normalized spacial score (nSPS) is 13.1. The summed E-state index contributed by atoms with van der Waals surface area (Å²) in [5, 5.41) is 8.96. The Morgan fingerprint density at radius 2 is 1.38 bits per heavy atom. The molecule has 1 nitrogen and oxygen atoms in total. The summed E-state index contributed by atoms with van der Waals surface area (Å²) in [7, 11) is 0. The van der Waals surface area contributed by atoms with Crippen LogP contribution in [0.5, 0.6) is 0 Å². The molecule has 1 heteroatoms. The van der Waals surface area contributed by atoms with Gasteiger partial charge < -0.3 is 5.11 Å². The number of aliphatic hydroxyl groups is 1. The fourth-order valence-corrected chi connectivity index (χ4v) is 3.32. The van der Waals surface area contributed by atoms with Gasteiger partial charge in [-0.1, -0.05) is 103 Å². The van der Waals surface area contributed by atoms with Crippen LogP contribution in [0.3, 0.4) is 0 Å². The van der Waals surface area contributed by atoms with E-state index in [1.807, 2.05) is 6.08 Å². The molecular formula is C25H24O. The standard InChI is InChI=1S/C25H24O/c1-2-24(21-11-5-3-6-12-21)25(22-13-7-4-8-14-22)23-17-15-20(16-18-23)10-9-19-26/h2-18,25-26H,19H2,1H3. The highest BCUT2D eigenvalue weighted by molar-refractivity contribution is 5.75. The third-order valence-corrected chi connectivity index (χ3v) is 4.55. The minimum Gasteiger partial charge on any atom is -0.392 e. The zero-order chi connectivity index (χ0) is 18.2. The molecule has 0 radical (unpaired) electrons. The molecule has 0 heterocycles. The largest absolute Gasteiger partial charge is 0.392 e. The molecule has 0 spiro atoms. The van der Waals surface area contributed by atoms with Crippen LogP contribution in [0.2, 0.25) is 0 Å². The van der Waals surface area contributed by atoms with Crippen LogP contribution in [-0.4, -0.2) is 11.7 Å². The van der Waals surface area contributed by atoms with Gasteiger partial charge in [0.2, 0.25) is 0 Å². The van der Waals surface area contributed by atoms with Gasteiger partial charge in [0.1, 0.15) is 0 Å². The molecule has 3 aromatic carbocycles. The van der Waals surface area contributed by atoms with Gasteiger partial charge in [0.15, 0.2) is 0 Å². The monoisotopic (exact) mass is 340 g/mol. The van der Waals surface area contributed by atoms with Crippen LogP contribution in [0.25, 0.3) is 11.6 Å². The Labute approximate surface area is 156 Å². The summed E-state index contributed by atoms with van der Waals surface area (Å²) in [4.78, 5) is 0. The fraction of sp³-hybridized carbons (Fsp3) is 0.120. The van der Waals surface area contributed by atoms with Crippen molar-refractivity contribution < 1.29 is 5.11 Å². The molecule has 1 unspecified atom stereocenters. The third kappa shape index (κ3) is 4.19. The first-order valence-corrected chi connectivity index (χ1v) is 8.97. The van der Waals surface area contributed by atoms with Gasteiger partial charge in [0.05, 0.1) is 6.61 Å². The van der Waals surface area contributed by atoms with Crippen molar-refractivity contribution >= 4 is 11.6 Å². The zero-order valence-corrected chi connectivity index (χ0v) is 15.0. The lowest BCUT2D eigenvalue weighted by molar-refractivity contribution is 0.343. The third-order valence-electron chi connectivity index (χ3n) is 4.55. The SMILES string of the molecule is CC=C(c1ccccc1)C(c1ccccc1)c1ccc(C=CCO)cc1. The Morgan fingerprint density at radius 1 is 0.808 bits per heavy atom. The molecule has 0 aromatic heterocycles. The lowest BCUT2D eigenvalue weighted by Gasteiger charge is -2.22. The van der Waals surface area contributed by atoms with E-state index in [4.69, 9.17) is 5.11 Å². The molecule has 3 rings (SSSR count). The zero-order valence-electron chi connectivity index (χ0n) is 15.0. The second-order valence-corrected chi connectivity index (χ2v) is 6.21. The summed E-state index contributed by atoms with van der Waals surface area (Å²) in [5.74, 6) is 0.180. The van der Waals surface area contributed by atoms with Crippen molar-refractivity contribution in [1.29, 1.82) is 0 Å². The minimum absolute atomic E-state index is 0.0606. The van der Waals surface area contributed by atoms with Crippen molar-refractivity contribution in [3.63, 3.8) is 0 Å². The van der Waals surface area contributed by atoms with Gasteiger partial charge in [0, 0.05) is 5.92 Å². The van der Waals surface area contributed by atoms with Gasteiger partial charge in [-0.15, -0.1) is 0 Å². The van der Waals surface area contributed by atoms with Gasteiger partial charge in [-0.25, -0.2) is 0 Å². The molecule has 0 fully saturated rings. The molecule has 26 heavy (non-hydrogen) atoms. The van der Waals surface area contributed by atoms with Gasteiger partial charge in [-0.3, -0.25) is 0 Å². The lowest BCUT2D eigenvalue weighted by Crippen LogP contribution is -2.04. The molecule has 0 saturated heterocycles. The van der Waals surface area contributed by atoms with E-state index in [-0.39, 0.29) is 12.5 Å². The van der Waals surface area contributed by atoms with Crippen molar-refractivity contribution in [3.05, 3.63) is 119 Å². The van der Waals surface area contributed by atoms with Crippen molar-refractivity contribution in [2.24, 2.45) is 0 Å². The molecule has 0 aliphatic heterocycles. The smallest absolute Gasteiger partial charge is 0.0615 e. The Morgan fingerprint density at radius 3 is 1.96 bits per heavy atom. The van der Waals surface area contributed by atoms with Crippen molar-refractivity contribution in [3.8, 4) is 0 Å². The first-order valence-electron chi connectivity index (χ1n) is 8.97. The molecular weight excluding hydrogens is 316 g/mol. The molecule has 1 N–H and O–H groups in total. The lowest BCUT2D eigenvalue weighted by atomic mass is 9.81. The average Bonchev–Trinajstić information content (AvgIpc) is 2.72. The van der Waals surface area contributed by atoms with Crippen LogP contribution in [0, 0.1) is 0 Å². The summed E-state index contributed by atoms with van der Waals surface area (Å²) in [5.41, 5.74) is 6.18. The number of hydrogen-bond acceptors (Lipinski definition) is 1. The van der Waals surface area contributed by atoms with E-state index in [0.29, 0.717) is 0 Å². The first-order chi connectivity index (χ1) is 12.8. The Balaban J connectivity index is 2.06. The van der Waals surface area contributed by atoms with E-state index in [1.54, 1.807) is 6.08 Å². The number of allylic oxidation sites excluding steroid dienone is 2. The maximum atomic E-state index is 8.96. The van der Waals surface area contributed by atoms with Crippen molar-refractivity contribution in [2.45, 2.75) is 12.8 Å². The molecule has 130 valence electrons. The molecule has 0 saturated carbocycles. The van der Waals surface area contributed by atoms with E-state index in [0.717, 1.165) is 5.56 Å². The van der Waals surface area contributed by atoms with Crippen molar-refractivity contribution in [2.75, 3.05) is 6.61 Å². The number of hydrogen-bond donors (Lipinski definition) is 1. The number of benzene rings is 3. The van der Waals surface area contributed by atoms with Crippen LogP contribution >= 0.6 is 0 Å². The maximum absolute atomic E-state index is 8.96. The molecule has 0 aliphatic carbocycles. The predicted molar refractivity (Wildman–Crippen MR) is 111 cm³/mol. The second kappa shape index (κ2) is 8.98. The van der Waals surface area contributed by atoms with Gasteiger partial charge >= 0.3 is 0 Å². The Hall–Kier alpha value is -2.90. The van der Waals surface area contributed by atoms with E-state index in [2.05, 4.69) is 97.9 Å². The average molecular weight is 340 g/mol. The maximum Gasteiger partial charge on any atom is 0.0615 e. The Kier molecular flexibility index (Phi) is 6.19. The highest BCUT2D eigenvalue weighted by atomic mass is 16.2. The van der Waals surface area contributed by atoms with E-state index >= 15 is 0 Å². The molecule has 0 amide bonds. The van der Waals surface area contributed by atoms with E-state index in [9.17, 15) is 0 Å².